The molecule has 1 amide bonds. The molecule has 134 valence electrons. The number of aliphatic carboxylic acids is 1. The maximum Gasteiger partial charge on any atom is 0.308 e. The molecule has 1 N–H and O–H groups in total. The predicted molar refractivity (Wildman–Crippen MR) is 102 cm³/mol. The van der Waals surface area contributed by atoms with Gasteiger partial charge in [-0.3, -0.25) is 9.59 Å². The molecule has 1 aliphatic carbocycles. The number of carboxylic acids is 1. The van der Waals surface area contributed by atoms with Crippen LogP contribution in [0.4, 0.5) is 0 Å². The highest BCUT2D eigenvalue weighted by atomic mass is 32.2. The molecular formula is C19H23NO3S2. The highest BCUT2D eigenvalue weighted by molar-refractivity contribution is 8.16. The van der Waals surface area contributed by atoms with Crippen LogP contribution in [0, 0.1) is 17.8 Å². The maximum atomic E-state index is 12.8. The van der Waals surface area contributed by atoms with E-state index in [2.05, 4.69) is 12.1 Å². The maximum absolute atomic E-state index is 12.8. The van der Waals surface area contributed by atoms with Crippen molar-refractivity contribution in [2.75, 3.05) is 24.6 Å². The fourth-order valence-corrected chi connectivity index (χ4v) is 6.80. The summed E-state index contributed by atoms with van der Waals surface area (Å²) in [4.78, 5) is 26.1. The predicted octanol–water partition coefficient (Wildman–Crippen LogP) is 3.74. The zero-order valence-electron chi connectivity index (χ0n) is 14.1. The van der Waals surface area contributed by atoms with Gasteiger partial charge in [-0.25, -0.2) is 0 Å². The third-order valence-electron chi connectivity index (χ3n) is 5.45. The van der Waals surface area contributed by atoms with Gasteiger partial charge in [0.05, 0.1) is 10.5 Å². The molecule has 25 heavy (non-hydrogen) atoms. The summed E-state index contributed by atoms with van der Waals surface area (Å²) in [6, 6.07) is 7.94. The van der Waals surface area contributed by atoms with Crippen molar-refractivity contribution in [2.45, 2.75) is 23.8 Å². The fraction of sp³-hybridized carbons (Fsp3) is 0.579. The van der Waals surface area contributed by atoms with Crippen molar-refractivity contribution in [3.63, 3.8) is 0 Å². The Hall–Kier alpha value is -1.14. The number of carbonyl (C=O) groups excluding carboxylic acids is 1. The molecule has 2 aliphatic heterocycles. The molecule has 1 saturated carbocycles. The number of amides is 1. The van der Waals surface area contributed by atoms with Gasteiger partial charge in [0, 0.05) is 18.7 Å². The Bertz CT molecular complexity index is 653. The number of thioether (sulfide) groups is 2. The zero-order chi connectivity index (χ0) is 17.4. The number of nitrogens with zero attached hydrogens (tertiary/aromatic N) is 1. The van der Waals surface area contributed by atoms with Gasteiger partial charge in [0.1, 0.15) is 0 Å². The van der Waals surface area contributed by atoms with Gasteiger partial charge < -0.3 is 10.0 Å². The Morgan fingerprint density at radius 2 is 1.72 bits per heavy atom. The largest absolute Gasteiger partial charge is 0.481 e. The van der Waals surface area contributed by atoms with Crippen LogP contribution in [0.3, 0.4) is 0 Å². The third kappa shape index (κ3) is 3.70. The number of likely N-dealkylation sites (tertiary alicyclic amines) is 1. The molecule has 4 nitrogen and oxygen atoms in total. The number of hydrogen-bond acceptors (Lipinski definition) is 4. The van der Waals surface area contributed by atoms with Crippen molar-refractivity contribution in [2.24, 2.45) is 17.8 Å². The second kappa shape index (κ2) is 7.23. The Morgan fingerprint density at radius 1 is 1.04 bits per heavy atom. The van der Waals surface area contributed by atoms with E-state index in [1.54, 1.807) is 4.90 Å². The average molecular weight is 378 g/mol. The minimum atomic E-state index is -0.756. The second-order valence-electron chi connectivity index (χ2n) is 7.21. The van der Waals surface area contributed by atoms with E-state index >= 15 is 0 Å². The second-order valence-corrected chi connectivity index (χ2v) is 9.93. The van der Waals surface area contributed by atoms with Crippen LogP contribution in [0.15, 0.2) is 24.3 Å². The molecule has 6 heteroatoms. The Balaban J connectivity index is 1.44. The Kier molecular flexibility index (Phi) is 5.00. The normalized spacial score (nSPS) is 27.4. The summed E-state index contributed by atoms with van der Waals surface area (Å²) in [5.74, 6) is 1.86. The first-order chi connectivity index (χ1) is 12.1. The molecular weight excluding hydrogens is 354 g/mol. The van der Waals surface area contributed by atoms with Gasteiger partial charge in [0.2, 0.25) is 0 Å². The van der Waals surface area contributed by atoms with E-state index in [9.17, 15) is 14.7 Å². The van der Waals surface area contributed by atoms with Gasteiger partial charge in [-0.05, 0) is 60.3 Å². The number of benzene rings is 1. The van der Waals surface area contributed by atoms with Crippen LogP contribution in [0.2, 0.25) is 0 Å². The molecule has 1 aromatic rings. The lowest BCUT2D eigenvalue weighted by atomic mass is 9.92. The van der Waals surface area contributed by atoms with Crippen molar-refractivity contribution in [3.05, 3.63) is 35.4 Å². The van der Waals surface area contributed by atoms with Crippen molar-refractivity contribution < 1.29 is 14.7 Å². The minimum Gasteiger partial charge on any atom is -0.481 e. The molecule has 3 fully saturated rings. The first-order valence-electron chi connectivity index (χ1n) is 8.99. The summed E-state index contributed by atoms with van der Waals surface area (Å²) in [5, 5.41) is 9.47. The van der Waals surface area contributed by atoms with E-state index in [0.717, 1.165) is 12.8 Å². The third-order valence-corrected chi connectivity index (χ3v) is 8.47. The van der Waals surface area contributed by atoms with Crippen molar-refractivity contribution in [1.29, 1.82) is 0 Å². The summed E-state index contributed by atoms with van der Waals surface area (Å²) >= 11 is 3.94. The van der Waals surface area contributed by atoms with Crippen LogP contribution in [0.5, 0.6) is 0 Å². The molecule has 0 unspecified atom stereocenters. The van der Waals surface area contributed by atoms with Gasteiger partial charge in [0.15, 0.2) is 0 Å². The molecule has 4 rings (SSSR count). The monoisotopic (exact) mass is 377 g/mol. The summed E-state index contributed by atoms with van der Waals surface area (Å²) in [5.41, 5.74) is 1.95. The topological polar surface area (TPSA) is 57.6 Å². The Morgan fingerprint density at radius 3 is 2.32 bits per heavy atom. The molecule has 0 aromatic heterocycles. The highest BCUT2D eigenvalue weighted by Gasteiger charge is 2.46. The van der Waals surface area contributed by atoms with Crippen LogP contribution in [0.25, 0.3) is 0 Å². The summed E-state index contributed by atoms with van der Waals surface area (Å²) in [6.45, 7) is 0.946. The molecule has 2 heterocycles. The van der Waals surface area contributed by atoms with Crippen LogP contribution < -0.4 is 0 Å². The van der Waals surface area contributed by atoms with E-state index in [1.165, 1.54) is 23.5 Å². The van der Waals surface area contributed by atoms with E-state index in [4.69, 9.17) is 0 Å². The molecule has 2 saturated heterocycles. The van der Waals surface area contributed by atoms with E-state index < -0.39 is 11.9 Å². The van der Waals surface area contributed by atoms with Crippen LogP contribution >= 0.6 is 23.5 Å². The first-order valence-corrected chi connectivity index (χ1v) is 11.1. The number of rotatable bonds is 4. The molecule has 2 atom stereocenters. The molecule has 0 bridgehead atoms. The van der Waals surface area contributed by atoms with Crippen molar-refractivity contribution >= 4 is 35.4 Å². The number of carbonyl (C=O) groups is 2. The van der Waals surface area contributed by atoms with Crippen LogP contribution in [-0.4, -0.2) is 46.5 Å². The lowest BCUT2D eigenvalue weighted by Crippen LogP contribution is -2.29. The van der Waals surface area contributed by atoms with Crippen LogP contribution in [-0.2, 0) is 4.79 Å². The summed E-state index contributed by atoms with van der Waals surface area (Å²) in [6.07, 6.45) is 3.49. The smallest absolute Gasteiger partial charge is 0.308 e. The van der Waals surface area contributed by atoms with Crippen LogP contribution in [0.1, 0.15) is 39.8 Å². The first kappa shape index (κ1) is 17.3. The molecule has 3 aliphatic rings. The Labute approximate surface area is 156 Å². The van der Waals surface area contributed by atoms with Gasteiger partial charge >= 0.3 is 5.97 Å². The van der Waals surface area contributed by atoms with Gasteiger partial charge in [-0.2, -0.15) is 0 Å². The SMILES string of the molecule is O=C(O)[C@H]1CN(C(=O)c2ccc(C3SCCCS3)cc2)C[C@@H]1C1CC1. The van der Waals surface area contributed by atoms with E-state index in [0.29, 0.717) is 29.2 Å². The average Bonchev–Trinajstić information content (AvgIpc) is 3.40. The van der Waals surface area contributed by atoms with E-state index in [1.807, 2.05) is 35.7 Å². The number of hydrogen-bond donors (Lipinski definition) is 1. The van der Waals surface area contributed by atoms with Gasteiger partial charge in [-0.1, -0.05) is 12.1 Å². The minimum absolute atomic E-state index is 0.0232. The van der Waals surface area contributed by atoms with Crippen molar-refractivity contribution in [1.82, 2.24) is 4.90 Å². The fourth-order valence-electron chi connectivity index (χ4n) is 3.90. The zero-order valence-corrected chi connectivity index (χ0v) is 15.7. The van der Waals surface area contributed by atoms with Gasteiger partial charge in [-0.15, -0.1) is 23.5 Å². The molecule has 1 aromatic carbocycles. The lowest BCUT2D eigenvalue weighted by Gasteiger charge is -2.21. The highest BCUT2D eigenvalue weighted by Crippen LogP contribution is 2.45. The van der Waals surface area contributed by atoms with E-state index in [-0.39, 0.29) is 11.8 Å². The molecule has 0 spiro atoms. The van der Waals surface area contributed by atoms with Gasteiger partial charge in [0.25, 0.3) is 5.91 Å². The summed E-state index contributed by atoms with van der Waals surface area (Å²) < 4.78 is 0.473. The quantitative estimate of drug-likeness (QED) is 0.866. The standard InChI is InChI=1S/C19H23NO3S2/c21-17(20-10-15(12-2-3-12)16(11-20)18(22)23)13-4-6-14(7-5-13)19-24-8-1-9-25-19/h4-7,12,15-16,19H,1-3,8-11H2,(H,22,23)/t15-,16+/m1/s1. The number of carboxylic acid groups (broad SMARTS) is 1. The molecule has 0 radical (unpaired) electrons. The van der Waals surface area contributed by atoms with Crippen molar-refractivity contribution in [3.8, 4) is 0 Å². The lowest BCUT2D eigenvalue weighted by molar-refractivity contribution is -0.142. The summed E-state index contributed by atoms with van der Waals surface area (Å²) in [7, 11) is 0.